The molecule has 10 heavy (non-hydrogen) atoms. The van der Waals surface area contributed by atoms with E-state index >= 15 is 0 Å². The number of nitrogens with two attached hydrogens (primary N) is 2. The zero-order valence-corrected chi connectivity index (χ0v) is 7.57. The second-order valence-corrected chi connectivity index (χ2v) is 3.86. The van der Waals surface area contributed by atoms with Crippen molar-refractivity contribution >= 4 is 0 Å². The summed E-state index contributed by atoms with van der Waals surface area (Å²) in [4.78, 5) is 0. The smallest absolute Gasteiger partial charge is 0.0186 e. The maximum Gasteiger partial charge on any atom is 0.0186 e. The van der Waals surface area contributed by atoms with E-state index in [1.165, 1.54) is 0 Å². The summed E-state index contributed by atoms with van der Waals surface area (Å²) >= 11 is 0. The van der Waals surface area contributed by atoms with Gasteiger partial charge in [0.1, 0.15) is 0 Å². The molecule has 62 valence electrons. The quantitative estimate of drug-likeness (QED) is 0.623. The first-order valence-electron chi connectivity index (χ1n) is 3.86. The van der Waals surface area contributed by atoms with Crippen LogP contribution in [0.1, 0.15) is 34.1 Å². The highest BCUT2D eigenvalue weighted by Crippen LogP contribution is 2.29. The van der Waals surface area contributed by atoms with E-state index in [9.17, 15) is 0 Å². The lowest BCUT2D eigenvalue weighted by molar-refractivity contribution is 0.186. The van der Waals surface area contributed by atoms with Crippen LogP contribution in [-0.4, -0.2) is 12.1 Å². The normalized spacial score (nSPS) is 18.6. The van der Waals surface area contributed by atoms with Gasteiger partial charge in [-0.15, -0.1) is 0 Å². The van der Waals surface area contributed by atoms with Crippen molar-refractivity contribution in [2.24, 2.45) is 16.9 Å². The Kier molecular flexibility index (Phi) is 2.86. The van der Waals surface area contributed by atoms with Crippen molar-refractivity contribution in [1.29, 1.82) is 0 Å². The molecule has 0 radical (unpaired) electrons. The Bertz CT molecular complexity index is 91.8. The van der Waals surface area contributed by atoms with Crippen molar-refractivity contribution in [1.82, 2.24) is 0 Å². The monoisotopic (exact) mass is 144 g/mol. The van der Waals surface area contributed by atoms with Gasteiger partial charge in [0, 0.05) is 5.54 Å². The fraction of sp³-hybridized carbons (Fsp3) is 1.00. The summed E-state index contributed by atoms with van der Waals surface area (Å²) in [7, 11) is 0. The van der Waals surface area contributed by atoms with Gasteiger partial charge in [-0.05, 0) is 25.3 Å². The third kappa shape index (κ3) is 1.70. The van der Waals surface area contributed by atoms with Crippen molar-refractivity contribution in [2.75, 3.05) is 6.54 Å². The summed E-state index contributed by atoms with van der Waals surface area (Å²) in [5.74, 6) is 0. The molecular formula is C8H20N2. The summed E-state index contributed by atoms with van der Waals surface area (Å²) in [6.07, 6.45) is 0.969. The minimum absolute atomic E-state index is 0.0434. The fourth-order valence-corrected chi connectivity index (χ4v) is 0.712. The first-order valence-corrected chi connectivity index (χ1v) is 3.86. The Morgan fingerprint density at radius 1 is 1.20 bits per heavy atom. The van der Waals surface area contributed by atoms with E-state index in [0.717, 1.165) is 6.42 Å². The van der Waals surface area contributed by atoms with Gasteiger partial charge in [-0.25, -0.2) is 0 Å². The van der Waals surface area contributed by atoms with Crippen molar-refractivity contribution in [2.45, 2.75) is 39.7 Å². The molecule has 2 nitrogen and oxygen atoms in total. The highest BCUT2D eigenvalue weighted by Gasteiger charge is 2.34. The lowest BCUT2D eigenvalue weighted by Gasteiger charge is -2.39. The minimum Gasteiger partial charge on any atom is -0.330 e. The molecule has 1 unspecified atom stereocenters. The summed E-state index contributed by atoms with van der Waals surface area (Å²) in [5.41, 5.74) is 11.5. The molecule has 0 heterocycles. The zero-order chi connectivity index (χ0) is 8.41. The Morgan fingerprint density at radius 3 is 1.70 bits per heavy atom. The van der Waals surface area contributed by atoms with Crippen molar-refractivity contribution in [3.05, 3.63) is 0 Å². The SMILES string of the molecule is CCC(C)(N)C(C)(C)CN. The molecule has 0 saturated carbocycles. The largest absolute Gasteiger partial charge is 0.330 e. The van der Waals surface area contributed by atoms with E-state index in [2.05, 4.69) is 27.7 Å². The van der Waals surface area contributed by atoms with Gasteiger partial charge in [0.15, 0.2) is 0 Å². The summed E-state index contributed by atoms with van der Waals surface area (Å²) in [5, 5.41) is 0. The van der Waals surface area contributed by atoms with Gasteiger partial charge in [-0.3, -0.25) is 0 Å². The van der Waals surface area contributed by atoms with E-state index < -0.39 is 0 Å². The minimum atomic E-state index is -0.137. The average Bonchev–Trinajstić information content (AvgIpc) is 1.88. The number of rotatable bonds is 3. The molecule has 4 N–H and O–H groups in total. The summed E-state index contributed by atoms with van der Waals surface area (Å²) in [6, 6.07) is 0. The second-order valence-electron chi connectivity index (χ2n) is 3.86. The van der Waals surface area contributed by atoms with Crippen LogP contribution >= 0.6 is 0 Å². The van der Waals surface area contributed by atoms with Gasteiger partial charge in [0.2, 0.25) is 0 Å². The lowest BCUT2D eigenvalue weighted by atomic mass is 9.72. The Labute approximate surface area is 64.0 Å². The molecule has 0 amide bonds. The molecular weight excluding hydrogens is 124 g/mol. The van der Waals surface area contributed by atoms with Gasteiger partial charge >= 0.3 is 0 Å². The van der Waals surface area contributed by atoms with Crippen LogP contribution in [0.5, 0.6) is 0 Å². The van der Waals surface area contributed by atoms with Crippen LogP contribution in [-0.2, 0) is 0 Å². The van der Waals surface area contributed by atoms with Crippen molar-refractivity contribution in [3.8, 4) is 0 Å². The third-order valence-electron chi connectivity index (χ3n) is 2.79. The molecule has 0 fully saturated rings. The number of hydrogen-bond acceptors (Lipinski definition) is 2. The van der Waals surface area contributed by atoms with Crippen LogP contribution < -0.4 is 11.5 Å². The topological polar surface area (TPSA) is 52.0 Å². The highest BCUT2D eigenvalue weighted by atomic mass is 14.8. The summed E-state index contributed by atoms with van der Waals surface area (Å²) < 4.78 is 0. The molecule has 0 spiro atoms. The molecule has 1 atom stereocenters. The van der Waals surface area contributed by atoms with E-state index in [1.54, 1.807) is 0 Å². The van der Waals surface area contributed by atoms with E-state index in [-0.39, 0.29) is 11.0 Å². The summed E-state index contributed by atoms with van der Waals surface area (Å²) in [6.45, 7) is 9.01. The highest BCUT2D eigenvalue weighted by molar-refractivity contribution is 4.93. The molecule has 2 heteroatoms. The van der Waals surface area contributed by atoms with Crippen LogP contribution in [0.3, 0.4) is 0 Å². The van der Waals surface area contributed by atoms with Crippen molar-refractivity contribution < 1.29 is 0 Å². The Hall–Kier alpha value is -0.0800. The molecule has 0 bridgehead atoms. The van der Waals surface area contributed by atoms with Crippen LogP contribution in [0, 0.1) is 5.41 Å². The predicted octanol–water partition coefficient (Wildman–Crippen LogP) is 1.10. The van der Waals surface area contributed by atoms with E-state index in [0.29, 0.717) is 6.54 Å². The molecule has 0 aliphatic heterocycles. The fourth-order valence-electron chi connectivity index (χ4n) is 0.712. The third-order valence-corrected chi connectivity index (χ3v) is 2.79. The Balaban J connectivity index is 4.28. The first kappa shape index (κ1) is 9.92. The van der Waals surface area contributed by atoms with E-state index in [4.69, 9.17) is 11.5 Å². The van der Waals surface area contributed by atoms with Gasteiger partial charge in [-0.1, -0.05) is 20.8 Å². The van der Waals surface area contributed by atoms with Gasteiger partial charge < -0.3 is 11.5 Å². The standard InChI is InChI=1S/C8H20N2/c1-5-8(4,10)7(2,3)6-9/h5-6,9-10H2,1-4H3. The van der Waals surface area contributed by atoms with E-state index in [1.807, 2.05) is 0 Å². The van der Waals surface area contributed by atoms with Crippen molar-refractivity contribution in [3.63, 3.8) is 0 Å². The molecule has 0 rings (SSSR count). The van der Waals surface area contributed by atoms with Crippen LogP contribution in [0.25, 0.3) is 0 Å². The van der Waals surface area contributed by atoms with Gasteiger partial charge in [-0.2, -0.15) is 0 Å². The molecule has 0 aliphatic rings. The van der Waals surface area contributed by atoms with Gasteiger partial charge in [0.25, 0.3) is 0 Å². The molecule has 0 aromatic rings. The average molecular weight is 144 g/mol. The lowest BCUT2D eigenvalue weighted by Crippen LogP contribution is -2.53. The second kappa shape index (κ2) is 2.89. The first-order chi connectivity index (χ1) is 4.37. The zero-order valence-electron chi connectivity index (χ0n) is 7.57. The Morgan fingerprint density at radius 2 is 1.60 bits per heavy atom. The maximum absolute atomic E-state index is 6.02. The van der Waals surface area contributed by atoms with Crippen LogP contribution in [0.2, 0.25) is 0 Å². The molecule has 0 aromatic carbocycles. The predicted molar refractivity (Wildman–Crippen MR) is 45.7 cm³/mol. The molecule has 0 aliphatic carbocycles. The number of hydrogen-bond donors (Lipinski definition) is 2. The molecule has 0 saturated heterocycles. The van der Waals surface area contributed by atoms with Crippen LogP contribution in [0.4, 0.5) is 0 Å². The molecule has 0 aromatic heterocycles. The van der Waals surface area contributed by atoms with Crippen LogP contribution in [0.15, 0.2) is 0 Å². The van der Waals surface area contributed by atoms with Gasteiger partial charge in [0.05, 0.1) is 0 Å². The maximum atomic E-state index is 6.02.